The zero-order valence-electron chi connectivity index (χ0n) is 13.1. The van der Waals surface area contributed by atoms with Crippen LogP contribution >= 0.6 is 24.8 Å². The predicted octanol–water partition coefficient (Wildman–Crippen LogP) is 2.21. The molecular formula is C15H31Cl2N3O. The summed E-state index contributed by atoms with van der Waals surface area (Å²) in [6.07, 6.45) is 7.07. The van der Waals surface area contributed by atoms with Crippen molar-refractivity contribution in [2.75, 3.05) is 32.7 Å². The van der Waals surface area contributed by atoms with Crippen LogP contribution in [0.25, 0.3) is 0 Å². The summed E-state index contributed by atoms with van der Waals surface area (Å²) in [5.74, 6) is 0.767. The van der Waals surface area contributed by atoms with Gasteiger partial charge in [0.1, 0.15) is 0 Å². The third kappa shape index (κ3) is 8.24. The van der Waals surface area contributed by atoms with Gasteiger partial charge in [-0.15, -0.1) is 24.8 Å². The highest BCUT2D eigenvalue weighted by atomic mass is 35.5. The molecule has 4 nitrogen and oxygen atoms in total. The summed E-state index contributed by atoms with van der Waals surface area (Å²) in [5, 5.41) is 6.47. The zero-order valence-corrected chi connectivity index (χ0v) is 14.7. The van der Waals surface area contributed by atoms with E-state index < -0.39 is 0 Å². The van der Waals surface area contributed by atoms with Crippen LogP contribution < -0.4 is 10.6 Å². The zero-order chi connectivity index (χ0) is 13.5. The summed E-state index contributed by atoms with van der Waals surface area (Å²) >= 11 is 0. The molecule has 21 heavy (non-hydrogen) atoms. The summed E-state index contributed by atoms with van der Waals surface area (Å²) < 4.78 is 0. The maximum absolute atomic E-state index is 11.8. The van der Waals surface area contributed by atoms with Gasteiger partial charge in [-0.25, -0.2) is 0 Å². The molecule has 0 aromatic heterocycles. The number of carbonyl (C=O) groups is 1. The second-order valence-corrected chi connectivity index (χ2v) is 6.27. The minimum atomic E-state index is 0. The van der Waals surface area contributed by atoms with Gasteiger partial charge in [-0.3, -0.25) is 4.79 Å². The highest BCUT2D eigenvalue weighted by Gasteiger charge is 2.18. The lowest BCUT2D eigenvalue weighted by molar-refractivity contribution is -0.121. The van der Waals surface area contributed by atoms with Gasteiger partial charge in [-0.1, -0.05) is 13.3 Å². The predicted molar refractivity (Wildman–Crippen MR) is 92.6 cm³/mol. The molecule has 2 saturated heterocycles. The third-order valence-corrected chi connectivity index (χ3v) is 4.26. The van der Waals surface area contributed by atoms with Gasteiger partial charge in [0.05, 0.1) is 0 Å². The summed E-state index contributed by atoms with van der Waals surface area (Å²) in [6.45, 7) is 7.74. The quantitative estimate of drug-likeness (QED) is 0.779. The second-order valence-electron chi connectivity index (χ2n) is 6.27. The number of rotatable bonds is 6. The smallest absolute Gasteiger partial charge is 0.221 e. The van der Waals surface area contributed by atoms with Gasteiger partial charge in [-0.2, -0.15) is 0 Å². The van der Waals surface area contributed by atoms with E-state index in [0.717, 1.165) is 26.1 Å². The summed E-state index contributed by atoms with van der Waals surface area (Å²) in [5.41, 5.74) is 0. The Hall–Kier alpha value is -0.0300. The van der Waals surface area contributed by atoms with Crippen molar-refractivity contribution < 1.29 is 4.79 Å². The molecule has 2 N–H and O–H groups in total. The Kier molecular flexibility index (Phi) is 11.5. The topological polar surface area (TPSA) is 44.4 Å². The lowest BCUT2D eigenvalue weighted by atomic mass is 10.1. The molecule has 0 aromatic rings. The molecule has 2 atom stereocenters. The van der Waals surface area contributed by atoms with E-state index in [4.69, 9.17) is 0 Å². The second kappa shape index (κ2) is 11.5. The van der Waals surface area contributed by atoms with E-state index >= 15 is 0 Å². The maximum atomic E-state index is 11.8. The van der Waals surface area contributed by atoms with E-state index in [1.807, 2.05) is 0 Å². The Morgan fingerprint density at radius 3 is 2.57 bits per heavy atom. The largest absolute Gasteiger partial charge is 0.356 e. The van der Waals surface area contributed by atoms with Crippen LogP contribution in [0.2, 0.25) is 0 Å². The number of hydrogen-bond donors (Lipinski definition) is 2. The first-order chi connectivity index (χ1) is 9.24. The molecule has 2 fully saturated rings. The monoisotopic (exact) mass is 339 g/mol. The molecule has 0 aliphatic carbocycles. The molecule has 6 heteroatoms. The standard InChI is InChI=1S/C15H29N3O.2ClH/c1-13(12-18-8-3-2-4-9-18)11-17-15(19)10-14-6-5-7-16-14;;/h13-14,16H,2-12H2,1H3,(H,17,19);2*1H. The molecule has 2 aliphatic rings. The molecule has 126 valence electrons. The van der Waals surface area contributed by atoms with Gasteiger partial charge in [0.15, 0.2) is 0 Å². The van der Waals surface area contributed by atoms with E-state index in [9.17, 15) is 4.79 Å². The fourth-order valence-corrected chi connectivity index (χ4v) is 3.16. The van der Waals surface area contributed by atoms with E-state index in [2.05, 4.69) is 22.5 Å². The first-order valence-corrected chi connectivity index (χ1v) is 7.96. The van der Waals surface area contributed by atoms with Crippen molar-refractivity contribution in [3.8, 4) is 0 Å². The molecule has 0 radical (unpaired) electrons. The number of carbonyl (C=O) groups excluding carboxylic acids is 1. The van der Waals surface area contributed by atoms with Crippen molar-refractivity contribution in [1.82, 2.24) is 15.5 Å². The first kappa shape index (κ1) is 21.0. The van der Waals surface area contributed by atoms with E-state index in [1.54, 1.807) is 0 Å². The SMILES string of the molecule is CC(CNC(=O)CC1CCCN1)CN1CCCCC1.Cl.Cl. The van der Waals surface area contributed by atoms with Crippen LogP contribution in [-0.2, 0) is 4.79 Å². The summed E-state index contributed by atoms with van der Waals surface area (Å²) in [6, 6.07) is 0.414. The third-order valence-electron chi connectivity index (χ3n) is 4.26. The van der Waals surface area contributed by atoms with Crippen molar-refractivity contribution in [3.63, 3.8) is 0 Å². The normalized spacial score (nSPS) is 23.8. The van der Waals surface area contributed by atoms with E-state index in [-0.39, 0.29) is 30.7 Å². The minimum Gasteiger partial charge on any atom is -0.356 e. The van der Waals surface area contributed by atoms with Crippen molar-refractivity contribution in [2.24, 2.45) is 5.92 Å². The molecule has 0 bridgehead atoms. The van der Waals surface area contributed by atoms with Gasteiger partial charge in [0.2, 0.25) is 5.91 Å². The molecule has 0 aromatic carbocycles. The number of likely N-dealkylation sites (tertiary alicyclic amines) is 1. The lowest BCUT2D eigenvalue weighted by Crippen LogP contribution is -2.39. The molecular weight excluding hydrogens is 309 g/mol. The molecule has 2 heterocycles. The Morgan fingerprint density at radius 1 is 1.24 bits per heavy atom. The van der Waals surface area contributed by atoms with E-state index in [0.29, 0.717) is 18.4 Å². The maximum Gasteiger partial charge on any atom is 0.221 e. The van der Waals surface area contributed by atoms with Crippen LogP contribution in [0.1, 0.15) is 45.4 Å². The fraction of sp³-hybridized carbons (Fsp3) is 0.933. The fourth-order valence-electron chi connectivity index (χ4n) is 3.16. The lowest BCUT2D eigenvalue weighted by Gasteiger charge is -2.29. The molecule has 0 spiro atoms. The van der Waals surface area contributed by atoms with Crippen molar-refractivity contribution >= 4 is 30.7 Å². The average Bonchev–Trinajstić information content (AvgIpc) is 2.90. The first-order valence-electron chi connectivity index (χ1n) is 7.96. The molecule has 2 unspecified atom stereocenters. The van der Waals surface area contributed by atoms with Crippen LogP contribution in [0.3, 0.4) is 0 Å². The highest BCUT2D eigenvalue weighted by molar-refractivity contribution is 5.85. The molecule has 2 aliphatic heterocycles. The minimum absolute atomic E-state index is 0. The van der Waals surface area contributed by atoms with Crippen LogP contribution in [0, 0.1) is 5.92 Å². The number of piperidine rings is 1. The highest BCUT2D eigenvalue weighted by Crippen LogP contribution is 2.11. The Morgan fingerprint density at radius 2 is 1.95 bits per heavy atom. The van der Waals surface area contributed by atoms with Crippen LogP contribution in [0.5, 0.6) is 0 Å². The summed E-state index contributed by atoms with van der Waals surface area (Å²) in [4.78, 5) is 14.4. The van der Waals surface area contributed by atoms with Crippen molar-refractivity contribution in [3.05, 3.63) is 0 Å². The number of hydrogen-bond acceptors (Lipinski definition) is 3. The van der Waals surface area contributed by atoms with Gasteiger partial charge in [0.25, 0.3) is 0 Å². The van der Waals surface area contributed by atoms with E-state index in [1.165, 1.54) is 38.8 Å². The van der Waals surface area contributed by atoms with Gasteiger partial charge >= 0.3 is 0 Å². The Labute approximate surface area is 141 Å². The Balaban J connectivity index is 0.00000200. The molecule has 1 amide bonds. The number of nitrogens with zero attached hydrogens (tertiary/aromatic N) is 1. The molecule has 2 rings (SSSR count). The van der Waals surface area contributed by atoms with Crippen LogP contribution in [0.15, 0.2) is 0 Å². The Bertz CT molecular complexity index is 280. The van der Waals surface area contributed by atoms with Gasteiger partial charge in [0, 0.05) is 25.6 Å². The van der Waals surface area contributed by atoms with Crippen LogP contribution in [-0.4, -0.2) is 49.6 Å². The number of amides is 1. The van der Waals surface area contributed by atoms with Crippen molar-refractivity contribution in [1.29, 1.82) is 0 Å². The average molecular weight is 340 g/mol. The van der Waals surface area contributed by atoms with Crippen LogP contribution in [0.4, 0.5) is 0 Å². The number of halogens is 2. The molecule has 0 saturated carbocycles. The van der Waals surface area contributed by atoms with Crippen molar-refractivity contribution in [2.45, 2.75) is 51.5 Å². The summed E-state index contributed by atoms with van der Waals surface area (Å²) in [7, 11) is 0. The number of nitrogens with one attached hydrogen (secondary N) is 2. The van der Waals surface area contributed by atoms with Gasteiger partial charge < -0.3 is 15.5 Å². The van der Waals surface area contributed by atoms with Gasteiger partial charge in [-0.05, 0) is 51.2 Å².